The van der Waals surface area contributed by atoms with Crippen molar-refractivity contribution in [2.24, 2.45) is 0 Å². The molecule has 64 valence electrons. The Balaban J connectivity index is 3.37. The molecule has 0 aliphatic heterocycles. The Morgan fingerprint density at radius 1 is 1.58 bits per heavy atom. The zero-order chi connectivity index (χ0) is 9.30. The van der Waals surface area contributed by atoms with Crippen LogP contribution >= 0.6 is 15.9 Å². The maximum Gasteiger partial charge on any atom is 0.288 e. The second-order valence-electron chi connectivity index (χ2n) is 2.09. The van der Waals surface area contributed by atoms with E-state index in [1.165, 1.54) is 0 Å². The number of benzene rings is 1. The molecular weight excluding hydrogens is 231 g/mol. The van der Waals surface area contributed by atoms with E-state index in [1.54, 1.807) is 0 Å². The highest BCUT2D eigenvalue weighted by atomic mass is 79.9. The number of nitrogens with two attached hydrogens (primary N) is 1. The topological polar surface area (TPSA) is 69.2 Å². The quantitative estimate of drug-likeness (QED) is 0.460. The Morgan fingerprint density at radius 2 is 2.17 bits per heavy atom. The molecule has 0 aliphatic carbocycles. The van der Waals surface area contributed by atoms with Gasteiger partial charge in [-0.15, -0.1) is 0 Å². The van der Waals surface area contributed by atoms with Crippen LogP contribution in [0, 0.1) is 15.9 Å². The minimum atomic E-state index is -0.720. The van der Waals surface area contributed by atoms with Gasteiger partial charge in [-0.1, -0.05) is 0 Å². The van der Waals surface area contributed by atoms with Crippen LogP contribution in [0.15, 0.2) is 16.6 Å². The zero-order valence-corrected chi connectivity index (χ0v) is 7.34. The monoisotopic (exact) mass is 234 g/mol. The van der Waals surface area contributed by atoms with Crippen molar-refractivity contribution in [3.8, 4) is 0 Å². The molecule has 0 fully saturated rings. The highest BCUT2D eigenvalue weighted by Crippen LogP contribution is 2.31. The van der Waals surface area contributed by atoms with Gasteiger partial charge in [0.2, 0.25) is 0 Å². The fraction of sp³-hybridized carbons (Fsp3) is 0. The number of halogens is 2. The lowest BCUT2D eigenvalue weighted by molar-refractivity contribution is -0.385. The van der Waals surface area contributed by atoms with E-state index in [4.69, 9.17) is 5.73 Å². The largest absolute Gasteiger partial charge is 0.398 e. The van der Waals surface area contributed by atoms with E-state index >= 15 is 0 Å². The summed E-state index contributed by atoms with van der Waals surface area (Å²) in [5.41, 5.74) is 4.92. The summed E-state index contributed by atoms with van der Waals surface area (Å²) in [5.74, 6) is -0.720. The number of nitro groups is 1. The molecule has 0 bridgehead atoms. The Kier molecular flexibility index (Phi) is 2.27. The number of nitro benzene ring substituents is 1. The molecular formula is C6H4BrFN2O2. The molecule has 0 aliphatic rings. The number of hydrogen-bond acceptors (Lipinski definition) is 3. The minimum absolute atomic E-state index is 0.0155. The molecule has 4 nitrogen and oxygen atoms in total. The lowest BCUT2D eigenvalue weighted by atomic mass is 10.3. The molecule has 0 unspecified atom stereocenters. The molecule has 0 atom stereocenters. The van der Waals surface area contributed by atoms with Crippen molar-refractivity contribution in [2.75, 3.05) is 5.73 Å². The number of nitrogen functional groups attached to an aromatic ring is 1. The van der Waals surface area contributed by atoms with Gasteiger partial charge in [-0.2, -0.15) is 0 Å². The summed E-state index contributed by atoms with van der Waals surface area (Å²) in [7, 11) is 0. The van der Waals surface area contributed by atoms with E-state index in [0.717, 1.165) is 12.1 Å². The second kappa shape index (κ2) is 3.06. The summed E-state index contributed by atoms with van der Waals surface area (Å²) < 4.78 is 12.7. The van der Waals surface area contributed by atoms with E-state index in [1.807, 2.05) is 0 Å². The number of hydrogen-bond donors (Lipinski definition) is 1. The average molecular weight is 235 g/mol. The van der Waals surface area contributed by atoms with Gasteiger partial charge < -0.3 is 5.73 Å². The predicted molar refractivity (Wildman–Crippen MR) is 45.2 cm³/mol. The fourth-order valence-electron chi connectivity index (χ4n) is 0.728. The molecule has 0 heterocycles. The van der Waals surface area contributed by atoms with Crippen LogP contribution in [-0.2, 0) is 0 Å². The third kappa shape index (κ3) is 1.53. The first-order valence-electron chi connectivity index (χ1n) is 2.91. The molecule has 0 amide bonds. The SMILES string of the molecule is Nc1cc(F)cc([N+](=O)[O-])c1Br. The molecule has 1 rings (SSSR count). The van der Waals surface area contributed by atoms with E-state index in [9.17, 15) is 14.5 Å². The Labute approximate surface area is 75.5 Å². The molecule has 0 aromatic heterocycles. The molecule has 12 heavy (non-hydrogen) atoms. The molecule has 0 spiro atoms. The van der Waals surface area contributed by atoms with Gasteiger partial charge in [0.1, 0.15) is 10.3 Å². The minimum Gasteiger partial charge on any atom is -0.398 e. The summed E-state index contributed by atoms with van der Waals surface area (Å²) in [6.45, 7) is 0. The van der Waals surface area contributed by atoms with Gasteiger partial charge in [0.05, 0.1) is 16.7 Å². The molecule has 0 radical (unpaired) electrons. The smallest absolute Gasteiger partial charge is 0.288 e. The maximum absolute atomic E-state index is 12.6. The highest BCUT2D eigenvalue weighted by Gasteiger charge is 2.15. The summed E-state index contributed by atoms with van der Waals surface area (Å²) in [4.78, 5) is 9.57. The van der Waals surface area contributed by atoms with Gasteiger partial charge in [0.15, 0.2) is 0 Å². The van der Waals surface area contributed by atoms with Gasteiger partial charge in [-0.05, 0) is 22.0 Å². The van der Waals surface area contributed by atoms with Crippen LogP contribution in [0.25, 0.3) is 0 Å². The van der Waals surface area contributed by atoms with Gasteiger partial charge in [-0.25, -0.2) is 4.39 Å². The summed E-state index contributed by atoms with van der Waals surface area (Å²) in [6.07, 6.45) is 0. The average Bonchev–Trinajstić information content (AvgIpc) is 1.96. The first kappa shape index (κ1) is 8.92. The van der Waals surface area contributed by atoms with Gasteiger partial charge >= 0.3 is 0 Å². The van der Waals surface area contributed by atoms with E-state index in [2.05, 4.69) is 15.9 Å². The van der Waals surface area contributed by atoms with Crippen molar-refractivity contribution in [3.63, 3.8) is 0 Å². The standard InChI is InChI=1S/C6H4BrFN2O2/c7-6-4(9)1-3(8)2-5(6)10(11)12/h1-2H,9H2. The first-order chi connectivity index (χ1) is 5.52. The maximum atomic E-state index is 12.6. The second-order valence-corrected chi connectivity index (χ2v) is 2.88. The molecule has 1 aromatic carbocycles. The van der Waals surface area contributed by atoms with Crippen LogP contribution in [-0.4, -0.2) is 4.92 Å². The van der Waals surface area contributed by atoms with Crippen LogP contribution in [0.3, 0.4) is 0 Å². The van der Waals surface area contributed by atoms with Gasteiger partial charge in [-0.3, -0.25) is 10.1 Å². The molecule has 1 aromatic rings. The summed E-state index contributed by atoms with van der Waals surface area (Å²) in [5, 5.41) is 10.3. The zero-order valence-electron chi connectivity index (χ0n) is 5.75. The van der Waals surface area contributed by atoms with Crippen molar-refractivity contribution in [2.45, 2.75) is 0 Å². The fourth-order valence-corrected chi connectivity index (χ4v) is 1.10. The van der Waals surface area contributed by atoms with Crippen molar-refractivity contribution < 1.29 is 9.31 Å². The Morgan fingerprint density at radius 3 is 2.67 bits per heavy atom. The van der Waals surface area contributed by atoms with E-state index in [-0.39, 0.29) is 15.8 Å². The molecule has 6 heteroatoms. The van der Waals surface area contributed by atoms with Crippen LogP contribution < -0.4 is 5.73 Å². The Hall–Kier alpha value is -1.17. The lowest BCUT2D eigenvalue weighted by Crippen LogP contribution is -1.95. The summed E-state index contributed by atoms with van der Waals surface area (Å²) >= 11 is 2.88. The van der Waals surface area contributed by atoms with E-state index < -0.39 is 10.7 Å². The van der Waals surface area contributed by atoms with Crippen LogP contribution in [0.5, 0.6) is 0 Å². The van der Waals surface area contributed by atoms with Crippen LogP contribution in [0.2, 0.25) is 0 Å². The predicted octanol–water partition coefficient (Wildman–Crippen LogP) is 2.08. The van der Waals surface area contributed by atoms with Crippen molar-refractivity contribution in [3.05, 3.63) is 32.5 Å². The van der Waals surface area contributed by atoms with Crippen molar-refractivity contribution in [1.82, 2.24) is 0 Å². The molecule has 0 saturated heterocycles. The van der Waals surface area contributed by atoms with Gasteiger partial charge in [0, 0.05) is 0 Å². The highest BCUT2D eigenvalue weighted by molar-refractivity contribution is 9.10. The number of rotatable bonds is 1. The lowest BCUT2D eigenvalue weighted by Gasteiger charge is -1.98. The summed E-state index contributed by atoms with van der Waals surface area (Å²) in [6, 6.07) is 1.82. The normalized spacial score (nSPS) is 9.83. The number of nitrogens with zero attached hydrogens (tertiary/aromatic N) is 1. The van der Waals surface area contributed by atoms with E-state index in [0.29, 0.717) is 0 Å². The first-order valence-corrected chi connectivity index (χ1v) is 3.70. The number of anilines is 1. The van der Waals surface area contributed by atoms with Gasteiger partial charge in [0.25, 0.3) is 5.69 Å². The van der Waals surface area contributed by atoms with Crippen molar-refractivity contribution >= 4 is 27.3 Å². The Bertz CT molecular complexity index is 343. The molecule has 0 saturated carbocycles. The third-order valence-electron chi connectivity index (χ3n) is 1.24. The van der Waals surface area contributed by atoms with Crippen molar-refractivity contribution in [1.29, 1.82) is 0 Å². The van der Waals surface area contributed by atoms with Crippen LogP contribution in [0.4, 0.5) is 15.8 Å². The molecule has 2 N–H and O–H groups in total. The third-order valence-corrected chi connectivity index (χ3v) is 2.11. The van der Waals surface area contributed by atoms with Crippen LogP contribution in [0.1, 0.15) is 0 Å².